The van der Waals surface area contributed by atoms with E-state index in [4.69, 9.17) is 17.3 Å². The summed E-state index contributed by atoms with van der Waals surface area (Å²) in [6.07, 6.45) is 1.78. The van der Waals surface area contributed by atoms with E-state index in [0.717, 1.165) is 12.8 Å². The van der Waals surface area contributed by atoms with Crippen molar-refractivity contribution in [2.24, 2.45) is 5.92 Å². The molecule has 1 heterocycles. The topological polar surface area (TPSA) is 63.4 Å². The van der Waals surface area contributed by atoms with Crippen LogP contribution in [0.25, 0.3) is 0 Å². The van der Waals surface area contributed by atoms with Crippen molar-refractivity contribution in [3.63, 3.8) is 0 Å². The number of hydrogen-bond donors (Lipinski definition) is 1. The van der Waals surface area contributed by atoms with Crippen molar-refractivity contribution in [1.82, 2.24) is 4.31 Å². The van der Waals surface area contributed by atoms with Crippen molar-refractivity contribution in [2.75, 3.05) is 18.8 Å². The zero-order valence-electron chi connectivity index (χ0n) is 10.3. The zero-order chi connectivity index (χ0) is 13.3. The van der Waals surface area contributed by atoms with E-state index in [2.05, 4.69) is 6.92 Å². The fourth-order valence-corrected chi connectivity index (χ4v) is 3.94. The van der Waals surface area contributed by atoms with Crippen LogP contribution >= 0.6 is 11.6 Å². The first-order chi connectivity index (χ1) is 8.41. The standard InChI is InChI=1S/C12H17ClN2O2S/c1-9-4-6-15(7-5-9)18(16,17)12-8-10(13)2-3-11(12)14/h2-3,8-9H,4-7,14H2,1H3. The fourth-order valence-electron chi connectivity index (χ4n) is 2.10. The second kappa shape index (κ2) is 5.07. The van der Waals surface area contributed by atoms with Gasteiger partial charge in [0.1, 0.15) is 4.90 Å². The Morgan fingerprint density at radius 2 is 1.94 bits per heavy atom. The average Bonchev–Trinajstić information content (AvgIpc) is 2.32. The van der Waals surface area contributed by atoms with Gasteiger partial charge in [-0.25, -0.2) is 8.42 Å². The predicted octanol–water partition coefficient (Wildman–Crippen LogP) is 2.34. The zero-order valence-corrected chi connectivity index (χ0v) is 11.8. The highest BCUT2D eigenvalue weighted by Gasteiger charge is 2.29. The van der Waals surface area contributed by atoms with E-state index in [1.807, 2.05) is 0 Å². The van der Waals surface area contributed by atoms with E-state index in [0.29, 0.717) is 24.0 Å². The van der Waals surface area contributed by atoms with Crippen LogP contribution in [0.5, 0.6) is 0 Å². The molecule has 1 saturated heterocycles. The highest BCUT2D eigenvalue weighted by Crippen LogP contribution is 2.28. The summed E-state index contributed by atoms with van der Waals surface area (Å²) in [5.74, 6) is 0.577. The summed E-state index contributed by atoms with van der Waals surface area (Å²) in [6.45, 7) is 3.24. The second-order valence-electron chi connectivity index (χ2n) is 4.77. The van der Waals surface area contributed by atoms with E-state index in [1.165, 1.54) is 16.4 Å². The van der Waals surface area contributed by atoms with Crippen molar-refractivity contribution in [3.05, 3.63) is 23.2 Å². The molecule has 0 amide bonds. The van der Waals surface area contributed by atoms with E-state index in [1.54, 1.807) is 6.07 Å². The lowest BCUT2D eigenvalue weighted by atomic mass is 10.0. The average molecular weight is 289 g/mol. The van der Waals surface area contributed by atoms with Crippen molar-refractivity contribution in [1.29, 1.82) is 0 Å². The Labute approximate surface area is 113 Å². The Kier molecular flexibility index (Phi) is 3.84. The molecule has 0 atom stereocenters. The van der Waals surface area contributed by atoms with Crippen LogP contribution in [0.15, 0.2) is 23.1 Å². The van der Waals surface area contributed by atoms with Gasteiger partial charge >= 0.3 is 0 Å². The van der Waals surface area contributed by atoms with Crippen LogP contribution in [0, 0.1) is 5.92 Å². The molecule has 1 aliphatic heterocycles. The van der Waals surface area contributed by atoms with Gasteiger partial charge in [-0.1, -0.05) is 18.5 Å². The molecular weight excluding hydrogens is 272 g/mol. The molecule has 4 nitrogen and oxygen atoms in total. The lowest BCUT2D eigenvalue weighted by molar-refractivity contribution is 0.288. The molecule has 0 aromatic heterocycles. The maximum atomic E-state index is 12.5. The van der Waals surface area contributed by atoms with Crippen molar-refractivity contribution in [3.8, 4) is 0 Å². The molecule has 0 bridgehead atoms. The normalized spacial score (nSPS) is 19.0. The quantitative estimate of drug-likeness (QED) is 0.850. The van der Waals surface area contributed by atoms with Crippen LogP contribution in [0.4, 0.5) is 5.69 Å². The maximum Gasteiger partial charge on any atom is 0.245 e. The molecule has 2 rings (SSSR count). The molecule has 0 aliphatic carbocycles. The van der Waals surface area contributed by atoms with Gasteiger partial charge in [0.05, 0.1) is 5.69 Å². The van der Waals surface area contributed by atoms with Crippen LogP contribution in [0.2, 0.25) is 5.02 Å². The lowest BCUT2D eigenvalue weighted by Gasteiger charge is -2.29. The third kappa shape index (κ3) is 2.63. The number of halogens is 1. The van der Waals surface area contributed by atoms with Gasteiger partial charge in [0.15, 0.2) is 0 Å². The van der Waals surface area contributed by atoms with Gasteiger partial charge in [0.25, 0.3) is 0 Å². The molecule has 1 aliphatic rings. The molecule has 2 N–H and O–H groups in total. The van der Waals surface area contributed by atoms with E-state index in [9.17, 15) is 8.42 Å². The molecule has 0 unspecified atom stereocenters. The molecule has 6 heteroatoms. The highest BCUT2D eigenvalue weighted by atomic mass is 35.5. The summed E-state index contributed by atoms with van der Waals surface area (Å²) in [5, 5.41) is 0.383. The van der Waals surface area contributed by atoms with Crippen LogP contribution in [0.3, 0.4) is 0 Å². The molecule has 0 spiro atoms. The van der Waals surface area contributed by atoms with Crippen LogP contribution < -0.4 is 5.73 Å². The number of anilines is 1. The number of hydrogen-bond acceptors (Lipinski definition) is 3. The van der Waals surface area contributed by atoms with Gasteiger partial charge in [0, 0.05) is 18.1 Å². The minimum absolute atomic E-state index is 0.115. The van der Waals surface area contributed by atoms with Crippen molar-refractivity contribution in [2.45, 2.75) is 24.7 Å². The number of rotatable bonds is 2. The minimum atomic E-state index is -3.51. The van der Waals surface area contributed by atoms with E-state index in [-0.39, 0.29) is 10.6 Å². The Morgan fingerprint density at radius 1 is 1.33 bits per heavy atom. The smallest absolute Gasteiger partial charge is 0.245 e. The monoisotopic (exact) mass is 288 g/mol. The molecular formula is C12H17ClN2O2S. The molecule has 1 aromatic carbocycles. The molecule has 0 saturated carbocycles. The summed E-state index contributed by atoms with van der Waals surface area (Å²) in [7, 11) is -3.51. The first-order valence-corrected chi connectivity index (χ1v) is 7.78. The molecule has 1 fully saturated rings. The van der Waals surface area contributed by atoms with Crippen LogP contribution in [-0.2, 0) is 10.0 Å². The number of nitrogens with two attached hydrogens (primary N) is 1. The Balaban J connectivity index is 2.33. The maximum absolute atomic E-state index is 12.5. The highest BCUT2D eigenvalue weighted by molar-refractivity contribution is 7.89. The minimum Gasteiger partial charge on any atom is -0.398 e. The SMILES string of the molecule is CC1CCN(S(=O)(=O)c2cc(Cl)ccc2N)CC1. The van der Waals surface area contributed by atoms with Crippen LogP contribution in [-0.4, -0.2) is 25.8 Å². The Morgan fingerprint density at radius 3 is 2.56 bits per heavy atom. The molecule has 1 aromatic rings. The number of piperidine rings is 1. The largest absolute Gasteiger partial charge is 0.398 e. The van der Waals surface area contributed by atoms with Crippen molar-refractivity contribution < 1.29 is 8.42 Å². The van der Waals surface area contributed by atoms with Gasteiger partial charge < -0.3 is 5.73 Å². The van der Waals surface area contributed by atoms with Gasteiger partial charge in [-0.05, 0) is 37.0 Å². The summed E-state index contributed by atoms with van der Waals surface area (Å²) in [6, 6.07) is 4.54. The summed E-state index contributed by atoms with van der Waals surface area (Å²) in [5.41, 5.74) is 5.99. The summed E-state index contributed by atoms with van der Waals surface area (Å²) in [4.78, 5) is 0.115. The fraction of sp³-hybridized carbons (Fsp3) is 0.500. The van der Waals surface area contributed by atoms with Crippen LogP contribution in [0.1, 0.15) is 19.8 Å². The van der Waals surface area contributed by atoms with E-state index >= 15 is 0 Å². The lowest BCUT2D eigenvalue weighted by Crippen LogP contribution is -2.38. The number of nitrogen functional groups attached to an aromatic ring is 1. The molecule has 0 radical (unpaired) electrons. The number of nitrogens with zero attached hydrogens (tertiary/aromatic N) is 1. The second-order valence-corrected chi connectivity index (χ2v) is 7.11. The molecule has 18 heavy (non-hydrogen) atoms. The Hall–Kier alpha value is -0.780. The first-order valence-electron chi connectivity index (χ1n) is 5.96. The molecule has 100 valence electrons. The van der Waals surface area contributed by atoms with Gasteiger partial charge in [-0.3, -0.25) is 0 Å². The van der Waals surface area contributed by atoms with Gasteiger partial charge in [0.2, 0.25) is 10.0 Å². The first kappa shape index (κ1) is 13.6. The summed E-state index contributed by atoms with van der Waals surface area (Å²) < 4.78 is 26.4. The third-order valence-corrected chi connectivity index (χ3v) is 5.53. The predicted molar refractivity (Wildman–Crippen MR) is 73.0 cm³/mol. The van der Waals surface area contributed by atoms with E-state index < -0.39 is 10.0 Å². The van der Waals surface area contributed by atoms with Gasteiger partial charge in [-0.15, -0.1) is 0 Å². The number of sulfonamides is 1. The number of benzene rings is 1. The van der Waals surface area contributed by atoms with Gasteiger partial charge in [-0.2, -0.15) is 4.31 Å². The van der Waals surface area contributed by atoms with Crippen molar-refractivity contribution >= 4 is 27.3 Å². The summed E-state index contributed by atoms with van der Waals surface area (Å²) >= 11 is 5.85. The third-order valence-electron chi connectivity index (χ3n) is 3.34. The Bertz CT molecular complexity index is 537.